The van der Waals surface area contributed by atoms with Gasteiger partial charge in [0.15, 0.2) is 0 Å². The van der Waals surface area contributed by atoms with Crippen molar-refractivity contribution in [1.82, 2.24) is 10.0 Å². The molecule has 0 radical (unpaired) electrons. The summed E-state index contributed by atoms with van der Waals surface area (Å²) in [6, 6.07) is 9.46. The van der Waals surface area contributed by atoms with Crippen molar-refractivity contribution in [3.05, 3.63) is 51.2 Å². The van der Waals surface area contributed by atoms with Gasteiger partial charge >= 0.3 is 0 Å². The van der Waals surface area contributed by atoms with E-state index in [9.17, 15) is 8.42 Å². The zero-order valence-electron chi connectivity index (χ0n) is 12.4. The van der Waals surface area contributed by atoms with E-state index in [0.29, 0.717) is 18.0 Å². The molecule has 114 valence electrons. The fraction of sp³-hybridized carbons (Fsp3) is 0.333. The summed E-state index contributed by atoms with van der Waals surface area (Å²) in [6.45, 7) is 4.80. The van der Waals surface area contributed by atoms with Crippen LogP contribution in [-0.2, 0) is 23.1 Å². The van der Waals surface area contributed by atoms with Crippen molar-refractivity contribution in [3.63, 3.8) is 0 Å². The highest BCUT2D eigenvalue weighted by Crippen LogP contribution is 2.19. The number of nitrogens with one attached hydrogen (secondary N) is 2. The highest BCUT2D eigenvalue weighted by Gasteiger charge is 2.17. The van der Waals surface area contributed by atoms with Crippen molar-refractivity contribution in [3.8, 4) is 0 Å². The molecule has 0 fully saturated rings. The van der Waals surface area contributed by atoms with Crippen LogP contribution >= 0.6 is 11.3 Å². The first-order valence-corrected chi connectivity index (χ1v) is 9.01. The Morgan fingerprint density at radius 3 is 2.48 bits per heavy atom. The monoisotopic (exact) mass is 324 g/mol. The van der Waals surface area contributed by atoms with E-state index < -0.39 is 10.0 Å². The first-order valence-electron chi connectivity index (χ1n) is 6.71. The molecule has 0 atom stereocenters. The number of sulfonamides is 1. The lowest BCUT2D eigenvalue weighted by molar-refractivity contribution is 0.581. The Labute approximate surface area is 130 Å². The van der Waals surface area contributed by atoms with E-state index in [1.54, 1.807) is 17.4 Å². The first-order chi connectivity index (χ1) is 9.92. The summed E-state index contributed by atoms with van der Waals surface area (Å²) in [4.78, 5) is 2.54. The van der Waals surface area contributed by atoms with Gasteiger partial charge in [0.2, 0.25) is 10.0 Å². The molecule has 1 heterocycles. The minimum Gasteiger partial charge on any atom is -0.316 e. The number of thiophene rings is 1. The van der Waals surface area contributed by atoms with Crippen LogP contribution in [0.25, 0.3) is 0 Å². The zero-order valence-corrected chi connectivity index (χ0v) is 14.1. The lowest BCUT2D eigenvalue weighted by Gasteiger charge is -2.10. The fourth-order valence-electron chi connectivity index (χ4n) is 2.07. The second-order valence-electron chi connectivity index (χ2n) is 4.97. The molecule has 0 spiro atoms. The Hall–Kier alpha value is -1.21. The molecule has 0 saturated carbocycles. The highest BCUT2D eigenvalue weighted by molar-refractivity contribution is 7.89. The SMILES string of the molecule is CNCc1ccc(C)c(S(=O)(=O)NCc2ccc(C)s2)c1. The van der Waals surface area contributed by atoms with Gasteiger partial charge in [-0.2, -0.15) is 0 Å². The summed E-state index contributed by atoms with van der Waals surface area (Å²) in [5.74, 6) is 0. The summed E-state index contributed by atoms with van der Waals surface area (Å²) < 4.78 is 27.6. The first kappa shape index (κ1) is 16.2. The van der Waals surface area contributed by atoms with Crippen LogP contribution in [0.4, 0.5) is 0 Å². The van der Waals surface area contributed by atoms with Crippen LogP contribution in [0.2, 0.25) is 0 Å². The second-order valence-corrected chi connectivity index (χ2v) is 8.07. The van der Waals surface area contributed by atoms with E-state index in [1.165, 1.54) is 4.88 Å². The average Bonchev–Trinajstić information content (AvgIpc) is 2.85. The van der Waals surface area contributed by atoms with Gasteiger partial charge in [-0.05, 0) is 50.2 Å². The van der Waals surface area contributed by atoms with E-state index in [0.717, 1.165) is 16.0 Å². The van der Waals surface area contributed by atoms with Crippen LogP contribution in [0, 0.1) is 13.8 Å². The smallest absolute Gasteiger partial charge is 0.241 e. The molecule has 1 aromatic heterocycles. The van der Waals surface area contributed by atoms with Gasteiger partial charge in [-0.3, -0.25) is 0 Å². The molecule has 4 nitrogen and oxygen atoms in total. The minimum absolute atomic E-state index is 0.330. The van der Waals surface area contributed by atoms with E-state index in [-0.39, 0.29) is 0 Å². The second kappa shape index (κ2) is 6.70. The Morgan fingerprint density at radius 1 is 1.10 bits per heavy atom. The van der Waals surface area contributed by atoms with Crippen LogP contribution in [0.3, 0.4) is 0 Å². The predicted octanol–water partition coefficient (Wildman–Crippen LogP) is 2.56. The normalized spacial score (nSPS) is 11.8. The Bertz CT molecular complexity index is 721. The molecular formula is C15H20N2O2S2. The van der Waals surface area contributed by atoms with Gasteiger partial charge in [0, 0.05) is 22.8 Å². The quantitative estimate of drug-likeness (QED) is 0.858. The van der Waals surface area contributed by atoms with Gasteiger partial charge in [0.1, 0.15) is 0 Å². The summed E-state index contributed by atoms with van der Waals surface area (Å²) in [5.41, 5.74) is 1.71. The summed E-state index contributed by atoms with van der Waals surface area (Å²) in [6.07, 6.45) is 0. The van der Waals surface area contributed by atoms with Crippen LogP contribution in [0.5, 0.6) is 0 Å². The Kier molecular flexibility index (Phi) is 5.16. The Balaban J connectivity index is 2.20. The molecular weight excluding hydrogens is 304 g/mol. The van der Waals surface area contributed by atoms with Gasteiger partial charge in [0.05, 0.1) is 4.90 Å². The zero-order chi connectivity index (χ0) is 15.5. The maximum Gasteiger partial charge on any atom is 0.241 e. The summed E-state index contributed by atoms with van der Waals surface area (Å²) in [7, 11) is -1.65. The van der Waals surface area contributed by atoms with Crippen molar-refractivity contribution in [2.24, 2.45) is 0 Å². The van der Waals surface area contributed by atoms with E-state index >= 15 is 0 Å². The fourth-order valence-corrected chi connectivity index (χ4v) is 4.29. The van der Waals surface area contributed by atoms with Gasteiger partial charge in [-0.1, -0.05) is 12.1 Å². The van der Waals surface area contributed by atoms with Crippen molar-refractivity contribution in [1.29, 1.82) is 0 Å². The molecule has 2 aromatic rings. The topological polar surface area (TPSA) is 58.2 Å². The Morgan fingerprint density at radius 2 is 1.86 bits per heavy atom. The number of rotatable bonds is 6. The van der Waals surface area contributed by atoms with Crippen molar-refractivity contribution in [2.75, 3.05) is 7.05 Å². The number of benzene rings is 1. The standard InChI is InChI=1S/C15H20N2O2S2/c1-11-4-6-13(9-16-3)8-15(11)21(18,19)17-10-14-7-5-12(2)20-14/h4-8,16-17H,9-10H2,1-3H3. The number of hydrogen-bond acceptors (Lipinski definition) is 4. The van der Waals surface area contributed by atoms with Crippen LogP contribution in [0.1, 0.15) is 20.9 Å². The molecule has 6 heteroatoms. The third-order valence-electron chi connectivity index (χ3n) is 3.16. The van der Waals surface area contributed by atoms with Crippen molar-refractivity contribution in [2.45, 2.75) is 31.8 Å². The van der Waals surface area contributed by atoms with Crippen LogP contribution in [-0.4, -0.2) is 15.5 Å². The molecule has 0 saturated heterocycles. The van der Waals surface area contributed by atoms with Gasteiger partial charge in [0.25, 0.3) is 0 Å². The lowest BCUT2D eigenvalue weighted by Crippen LogP contribution is -2.24. The third kappa shape index (κ3) is 4.14. The average molecular weight is 324 g/mol. The molecule has 0 unspecified atom stereocenters. The highest BCUT2D eigenvalue weighted by atomic mass is 32.2. The number of hydrogen-bond donors (Lipinski definition) is 2. The molecule has 0 bridgehead atoms. The summed E-state index contributed by atoms with van der Waals surface area (Å²) >= 11 is 1.60. The third-order valence-corrected chi connectivity index (χ3v) is 5.70. The van der Waals surface area contributed by atoms with Gasteiger partial charge in [-0.15, -0.1) is 11.3 Å². The van der Waals surface area contributed by atoms with Crippen molar-refractivity contribution < 1.29 is 8.42 Å². The largest absolute Gasteiger partial charge is 0.316 e. The summed E-state index contributed by atoms with van der Waals surface area (Å²) in [5, 5.41) is 3.03. The van der Waals surface area contributed by atoms with E-state index in [4.69, 9.17) is 0 Å². The number of aryl methyl sites for hydroxylation is 2. The molecule has 0 aliphatic rings. The molecule has 1 aromatic carbocycles. The predicted molar refractivity (Wildman–Crippen MR) is 87.0 cm³/mol. The molecule has 2 N–H and O–H groups in total. The minimum atomic E-state index is -3.49. The van der Waals surface area contributed by atoms with Crippen LogP contribution in [0.15, 0.2) is 35.2 Å². The van der Waals surface area contributed by atoms with Gasteiger partial charge in [-0.25, -0.2) is 13.1 Å². The van der Waals surface area contributed by atoms with Crippen LogP contribution < -0.4 is 10.0 Å². The van der Waals surface area contributed by atoms with E-state index in [2.05, 4.69) is 10.0 Å². The lowest BCUT2D eigenvalue weighted by atomic mass is 10.1. The maximum atomic E-state index is 12.5. The van der Waals surface area contributed by atoms with E-state index in [1.807, 2.05) is 45.2 Å². The van der Waals surface area contributed by atoms with Gasteiger partial charge < -0.3 is 5.32 Å². The van der Waals surface area contributed by atoms with Crippen molar-refractivity contribution >= 4 is 21.4 Å². The molecule has 0 aliphatic heterocycles. The maximum absolute atomic E-state index is 12.5. The molecule has 2 rings (SSSR count). The molecule has 21 heavy (non-hydrogen) atoms. The molecule has 0 amide bonds. The molecule has 0 aliphatic carbocycles.